The van der Waals surface area contributed by atoms with Gasteiger partial charge in [-0.2, -0.15) is 5.26 Å². The Labute approximate surface area is 111 Å². The van der Waals surface area contributed by atoms with Gasteiger partial charge in [-0.25, -0.2) is 0 Å². The Morgan fingerprint density at radius 3 is 2.33 bits per heavy atom. The number of nitriles is 1. The largest absolute Gasteiger partial charge is 0.192 e. The van der Waals surface area contributed by atoms with Crippen LogP contribution >= 0.6 is 0 Å². The summed E-state index contributed by atoms with van der Waals surface area (Å²) in [6, 6.07) is 10.4. The lowest BCUT2D eigenvalue weighted by molar-refractivity contribution is 0.304. The molecule has 18 heavy (non-hydrogen) atoms. The molecule has 0 unspecified atom stereocenters. The fourth-order valence-electron chi connectivity index (χ4n) is 3.11. The zero-order valence-corrected chi connectivity index (χ0v) is 11.4. The van der Waals surface area contributed by atoms with Gasteiger partial charge in [0.05, 0.1) is 11.6 Å². The van der Waals surface area contributed by atoms with Crippen molar-refractivity contribution in [2.45, 2.75) is 57.8 Å². The monoisotopic (exact) mass is 241 g/mol. The number of unbranched alkanes of at least 4 members (excludes halogenated alkanes) is 1. The van der Waals surface area contributed by atoms with E-state index >= 15 is 0 Å². The molecule has 1 aliphatic carbocycles. The maximum absolute atomic E-state index is 8.81. The summed E-state index contributed by atoms with van der Waals surface area (Å²) in [5, 5.41) is 8.81. The van der Waals surface area contributed by atoms with Crippen molar-refractivity contribution in [1.82, 2.24) is 0 Å². The molecular formula is C17H23N. The van der Waals surface area contributed by atoms with E-state index in [0.717, 1.165) is 17.4 Å². The third kappa shape index (κ3) is 3.35. The molecule has 0 aromatic heterocycles. The molecule has 1 saturated carbocycles. The molecule has 2 rings (SSSR count). The number of hydrogen-bond donors (Lipinski definition) is 0. The Balaban J connectivity index is 1.87. The first-order chi connectivity index (χ1) is 8.83. The standard InChI is InChI=1S/C17H23N/c1-2-3-4-14-5-9-16(10-6-14)17-11-7-15(13-18)8-12-17/h7-8,11-12,14,16H,2-6,9-10H2,1H3/t14-,16-. The predicted molar refractivity (Wildman–Crippen MR) is 75.4 cm³/mol. The highest BCUT2D eigenvalue weighted by Crippen LogP contribution is 2.37. The minimum absolute atomic E-state index is 0.732. The van der Waals surface area contributed by atoms with Gasteiger partial charge in [0.15, 0.2) is 0 Å². The average molecular weight is 241 g/mol. The smallest absolute Gasteiger partial charge is 0.0991 e. The number of benzene rings is 1. The van der Waals surface area contributed by atoms with Crippen molar-refractivity contribution in [1.29, 1.82) is 5.26 Å². The van der Waals surface area contributed by atoms with Gasteiger partial charge < -0.3 is 0 Å². The second-order valence-corrected chi connectivity index (χ2v) is 5.59. The van der Waals surface area contributed by atoms with Gasteiger partial charge in [0.2, 0.25) is 0 Å². The predicted octanol–water partition coefficient (Wildman–Crippen LogP) is 5.02. The van der Waals surface area contributed by atoms with Crippen LogP contribution in [0, 0.1) is 17.2 Å². The summed E-state index contributed by atoms with van der Waals surface area (Å²) in [5.74, 6) is 1.70. The van der Waals surface area contributed by atoms with Crippen LogP contribution in [0.3, 0.4) is 0 Å². The van der Waals surface area contributed by atoms with Gasteiger partial charge in [0.25, 0.3) is 0 Å². The molecule has 0 aliphatic heterocycles. The molecule has 96 valence electrons. The molecule has 0 heterocycles. The third-order valence-corrected chi connectivity index (χ3v) is 4.32. The molecule has 0 N–H and O–H groups in total. The molecule has 1 fully saturated rings. The fourth-order valence-corrected chi connectivity index (χ4v) is 3.11. The lowest BCUT2D eigenvalue weighted by Gasteiger charge is -2.28. The molecular weight excluding hydrogens is 218 g/mol. The van der Waals surface area contributed by atoms with Gasteiger partial charge in [-0.3, -0.25) is 0 Å². The Kier molecular flexibility index (Phi) is 4.81. The van der Waals surface area contributed by atoms with Crippen LogP contribution in [0.4, 0.5) is 0 Å². The fraction of sp³-hybridized carbons (Fsp3) is 0.588. The SMILES string of the molecule is CCCC[C@H]1CC[C@H](c2ccc(C#N)cc2)CC1. The first kappa shape index (κ1) is 13.1. The topological polar surface area (TPSA) is 23.8 Å². The van der Waals surface area contributed by atoms with Gasteiger partial charge in [0.1, 0.15) is 0 Å². The average Bonchev–Trinajstić information content (AvgIpc) is 2.46. The summed E-state index contributed by atoms with van der Waals surface area (Å²) < 4.78 is 0. The number of rotatable bonds is 4. The van der Waals surface area contributed by atoms with Crippen LogP contribution in [0.15, 0.2) is 24.3 Å². The van der Waals surface area contributed by atoms with Gasteiger partial charge in [-0.1, -0.05) is 38.3 Å². The summed E-state index contributed by atoms with van der Waals surface area (Å²) >= 11 is 0. The second kappa shape index (κ2) is 6.59. The minimum Gasteiger partial charge on any atom is -0.192 e. The maximum Gasteiger partial charge on any atom is 0.0991 e. The molecule has 0 radical (unpaired) electrons. The maximum atomic E-state index is 8.81. The van der Waals surface area contributed by atoms with E-state index in [9.17, 15) is 0 Å². The van der Waals surface area contributed by atoms with Gasteiger partial charge >= 0.3 is 0 Å². The number of hydrogen-bond acceptors (Lipinski definition) is 1. The van der Waals surface area contributed by atoms with Crippen LogP contribution in [0.5, 0.6) is 0 Å². The van der Waals surface area contributed by atoms with Gasteiger partial charge in [0, 0.05) is 0 Å². The molecule has 0 amide bonds. The minimum atomic E-state index is 0.732. The molecule has 0 atom stereocenters. The first-order valence-electron chi connectivity index (χ1n) is 7.33. The van der Waals surface area contributed by atoms with E-state index in [1.54, 1.807) is 0 Å². The molecule has 1 nitrogen and oxygen atoms in total. The summed E-state index contributed by atoms with van der Waals surface area (Å²) in [5.41, 5.74) is 2.21. The van der Waals surface area contributed by atoms with E-state index in [4.69, 9.17) is 5.26 Å². The zero-order chi connectivity index (χ0) is 12.8. The zero-order valence-electron chi connectivity index (χ0n) is 11.4. The Bertz CT molecular complexity index is 391. The van der Waals surface area contributed by atoms with Crippen molar-refractivity contribution < 1.29 is 0 Å². The van der Waals surface area contributed by atoms with Crippen LogP contribution in [0.1, 0.15) is 68.9 Å². The third-order valence-electron chi connectivity index (χ3n) is 4.32. The molecule has 0 saturated heterocycles. The lowest BCUT2D eigenvalue weighted by Crippen LogP contribution is -2.13. The van der Waals surface area contributed by atoms with E-state index in [1.807, 2.05) is 12.1 Å². The normalized spacial score (nSPS) is 23.6. The van der Waals surface area contributed by atoms with Crippen molar-refractivity contribution in [2.24, 2.45) is 5.92 Å². The quantitative estimate of drug-likeness (QED) is 0.726. The highest BCUT2D eigenvalue weighted by atomic mass is 14.3. The molecule has 1 aliphatic rings. The highest BCUT2D eigenvalue weighted by molar-refractivity contribution is 5.33. The van der Waals surface area contributed by atoms with Crippen LogP contribution < -0.4 is 0 Å². The van der Waals surface area contributed by atoms with E-state index in [0.29, 0.717) is 0 Å². The molecule has 0 spiro atoms. The highest BCUT2D eigenvalue weighted by Gasteiger charge is 2.21. The Morgan fingerprint density at radius 2 is 1.78 bits per heavy atom. The second-order valence-electron chi connectivity index (χ2n) is 5.59. The first-order valence-corrected chi connectivity index (χ1v) is 7.33. The van der Waals surface area contributed by atoms with Crippen molar-refractivity contribution >= 4 is 0 Å². The Morgan fingerprint density at radius 1 is 1.11 bits per heavy atom. The summed E-state index contributed by atoms with van der Waals surface area (Å²) in [7, 11) is 0. The summed E-state index contributed by atoms with van der Waals surface area (Å²) in [6.45, 7) is 2.28. The Hall–Kier alpha value is -1.29. The van der Waals surface area contributed by atoms with Crippen molar-refractivity contribution in [3.63, 3.8) is 0 Å². The molecule has 0 bridgehead atoms. The van der Waals surface area contributed by atoms with Gasteiger partial charge in [-0.05, 0) is 55.2 Å². The van der Waals surface area contributed by atoms with E-state index in [1.165, 1.54) is 50.5 Å². The van der Waals surface area contributed by atoms with E-state index in [2.05, 4.69) is 25.1 Å². The van der Waals surface area contributed by atoms with Crippen LogP contribution in [0.2, 0.25) is 0 Å². The molecule has 1 aromatic carbocycles. The molecule has 1 heteroatoms. The summed E-state index contributed by atoms with van der Waals surface area (Å²) in [6.07, 6.45) is 9.61. The van der Waals surface area contributed by atoms with Gasteiger partial charge in [-0.15, -0.1) is 0 Å². The van der Waals surface area contributed by atoms with Crippen molar-refractivity contribution in [3.05, 3.63) is 35.4 Å². The van der Waals surface area contributed by atoms with Crippen LogP contribution in [0.25, 0.3) is 0 Å². The van der Waals surface area contributed by atoms with E-state index in [-0.39, 0.29) is 0 Å². The van der Waals surface area contributed by atoms with Crippen molar-refractivity contribution in [3.8, 4) is 6.07 Å². The lowest BCUT2D eigenvalue weighted by atomic mass is 9.77. The number of nitrogens with zero attached hydrogens (tertiary/aromatic N) is 1. The summed E-state index contributed by atoms with van der Waals surface area (Å²) in [4.78, 5) is 0. The van der Waals surface area contributed by atoms with Crippen molar-refractivity contribution in [2.75, 3.05) is 0 Å². The molecule has 1 aromatic rings. The van der Waals surface area contributed by atoms with E-state index < -0.39 is 0 Å². The van der Waals surface area contributed by atoms with Crippen LogP contribution in [-0.2, 0) is 0 Å². The van der Waals surface area contributed by atoms with Crippen LogP contribution in [-0.4, -0.2) is 0 Å².